The fourth-order valence-electron chi connectivity index (χ4n) is 6.42. The minimum absolute atomic E-state index is 0.0846. The fraction of sp³-hybridized carbons (Fsp3) is 0.0833. The van der Waals surface area contributed by atoms with Crippen LogP contribution in [0, 0.1) is 0 Å². The van der Waals surface area contributed by atoms with Crippen LogP contribution >= 0.6 is 11.6 Å². The molecule has 0 N–H and O–H groups in total. The number of halogens is 1. The third kappa shape index (κ3) is 3.64. The summed E-state index contributed by atoms with van der Waals surface area (Å²) in [6, 6.07) is 40.4. The van der Waals surface area contributed by atoms with Gasteiger partial charge in [0.1, 0.15) is 0 Å². The van der Waals surface area contributed by atoms with Crippen molar-refractivity contribution in [2.75, 3.05) is 0 Å². The summed E-state index contributed by atoms with van der Waals surface area (Å²) in [5.74, 6) is 1.10. The highest BCUT2D eigenvalue weighted by molar-refractivity contribution is 6.28. The number of para-hydroxylation sites is 1. The Morgan fingerprint density at radius 3 is 2.12 bits per heavy atom. The summed E-state index contributed by atoms with van der Waals surface area (Å²) >= 11 is 6.40. The second kappa shape index (κ2) is 8.85. The molecule has 2 heterocycles. The Kier molecular flexibility index (Phi) is 5.19. The molecule has 0 fully saturated rings. The van der Waals surface area contributed by atoms with Crippen molar-refractivity contribution in [2.45, 2.75) is 19.3 Å². The van der Waals surface area contributed by atoms with Gasteiger partial charge in [-0.05, 0) is 64.2 Å². The largest absolute Gasteiger partial charge is 0.309 e. The minimum atomic E-state index is -0.0846. The molecule has 1 aliphatic carbocycles. The molecule has 5 aromatic carbocycles. The average Bonchev–Trinajstić information content (AvgIpc) is 3.45. The number of hydrogen-bond acceptors (Lipinski definition) is 3. The van der Waals surface area contributed by atoms with E-state index in [1.807, 2.05) is 36.4 Å². The topological polar surface area (TPSA) is 43.6 Å². The highest BCUT2D eigenvalue weighted by Gasteiger charge is 2.36. The molecule has 0 unspecified atom stereocenters. The zero-order valence-corrected chi connectivity index (χ0v) is 23.4. The Bertz CT molecular complexity index is 2140. The van der Waals surface area contributed by atoms with Crippen LogP contribution in [0.5, 0.6) is 0 Å². The summed E-state index contributed by atoms with van der Waals surface area (Å²) in [6.45, 7) is 4.65. The first-order chi connectivity index (χ1) is 20.0. The molecule has 5 heteroatoms. The Morgan fingerprint density at radius 2 is 1.27 bits per heavy atom. The highest BCUT2D eigenvalue weighted by Crippen LogP contribution is 2.50. The third-order valence-corrected chi connectivity index (χ3v) is 8.55. The van der Waals surface area contributed by atoms with Gasteiger partial charge < -0.3 is 4.57 Å². The van der Waals surface area contributed by atoms with E-state index in [0.29, 0.717) is 11.6 Å². The lowest BCUT2D eigenvalue weighted by molar-refractivity contribution is 0.661. The second-order valence-electron chi connectivity index (χ2n) is 11.1. The van der Waals surface area contributed by atoms with Crippen molar-refractivity contribution in [1.29, 1.82) is 0 Å². The first-order valence-corrected chi connectivity index (χ1v) is 14.1. The van der Waals surface area contributed by atoms with Gasteiger partial charge in [0.2, 0.25) is 5.28 Å². The average molecular weight is 549 g/mol. The molecule has 0 radical (unpaired) electrons. The molecule has 0 spiro atoms. The zero-order valence-electron chi connectivity index (χ0n) is 22.6. The van der Waals surface area contributed by atoms with Crippen LogP contribution in [0.25, 0.3) is 61.4 Å². The normalized spacial score (nSPS) is 13.4. The molecule has 0 amide bonds. The summed E-state index contributed by atoms with van der Waals surface area (Å²) in [6.07, 6.45) is 0. The number of rotatable bonds is 3. The van der Waals surface area contributed by atoms with Crippen molar-refractivity contribution >= 4 is 33.4 Å². The molecule has 0 aliphatic heterocycles. The molecule has 8 rings (SSSR count). The standard InChI is InChI=1S/C36H25ClN4/c1-36(2)29-17-8-6-15-25(29)27-20-28-26-16-7-9-18-31(26)41(32(28)21-30(27)36)24-14-10-13-23(19-24)34-38-33(39-35(37)40-34)22-11-4-3-5-12-22/h3-21H,1-2H3. The monoisotopic (exact) mass is 548 g/mol. The maximum Gasteiger partial charge on any atom is 0.226 e. The van der Waals surface area contributed by atoms with Crippen LogP contribution in [0.2, 0.25) is 5.28 Å². The fourth-order valence-corrected chi connectivity index (χ4v) is 6.58. The summed E-state index contributed by atoms with van der Waals surface area (Å²) in [5.41, 5.74) is 10.5. The zero-order chi connectivity index (χ0) is 27.7. The van der Waals surface area contributed by atoms with E-state index < -0.39 is 0 Å². The lowest BCUT2D eigenvalue weighted by Crippen LogP contribution is -2.14. The van der Waals surface area contributed by atoms with Gasteiger partial charge in [0.05, 0.1) is 11.0 Å². The Balaban J connectivity index is 1.35. The van der Waals surface area contributed by atoms with Crippen LogP contribution in [0.4, 0.5) is 0 Å². The van der Waals surface area contributed by atoms with E-state index in [1.54, 1.807) is 0 Å². The molecule has 4 nitrogen and oxygen atoms in total. The molecule has 2 aromatic heterocycles. The van der Waals surface area contributed by atoms with Crippen LogP contribution < -0.4 is 0 Å². The smallest absolute Gasteiger partial charge is 0.226 e. The van der Waals surface area contributed by atoms with Crippen LogP contribution in [-0.2, 0) is 5.41 Å². The SMILES string of the molecule is CC1(C)c2ccccc2-c2cc3c4ccccc4n(-c4cccc(-c5nc(Cl)nc(-c6ccccc6)n5)c4)c3cc21. The van der Waals surface area contributed by atoms with Crippen molar-refractivity contribution < 1.29 is 0 Å². The summed E-state index contributed by atoms with van der Waals surface area (Å²) in [5, 5.41) is 2.65. The Labute approximate surface area is 242 Å². The van der Waals surface area contributed by atoms with Gasteiger partial charge in [0.15, 0.2) is 11.6 Å². The predicted octanol–water partition coefficient (Wildman–Crippen LogP) is 9.26. The van der Waals surface area contributed by atoms with Gasteiger partial charge in [-0.3, -0.25) is 0 Å². The minimum Gasteiger partial charge on any atom is -0.309 e. The van der Waals surface area contributed by atoms with Crippen LogP contribution in [-0.4, -0.2) is 19.5 Å². The summed E-state index contributed by atoms with van der Waals surface area (Å²) < 4.78 is 2.36. The molecule has 1 aliphatic rings. The van der Waals surface area contributed by atoms with Gasteiger partial charge in [-0.15, -0.1) is 0 Å². The number of hydrogen-bond donors (Lipinski definition) is 0. The maximum atomic E-state index is 6.40. The molecule has 0 atom stereocenters. The van der Waals surface area contributed by atoms with Crippen molar-refractivity contribution in [1.82, 2.24) is 19.5 Å². The highest BCUT2D eigenvalue weighted by atomic mass is 35.5. The predicted molar refractivity (Wildman–Crippen MR) is 168 cm³/mol. The van der Waals surface area contributed by atoms with Gasteiger partial charge in [-0.1, -0.05) is 98.8 Å². The Hall–Kier alpha value is -4.80. The molecule has 0 saturated heterocycles. The number of aromatic nitrogens is 4. The van der Waals surface area contributed by atoms with Gasteiger partial charge in [-0.2, -0.15) is 9.97 Å². The van der Waals surface area contributed by atoms with Crippen molar-refractivity contribution in [3.63, 3.8) is 0 Å². The second-order valence-corrected chi connectivity index (χ2v) is 11.4. The third-order valence-electron chi connectivity index (χ3n) is 8.38. The van der Waals surface area contributed by atoms with E-state index in [4.69, 9.17) is 16.6 Å². The van der Waals surface area contributed by atoms with Gasteiger partial charge >= 0.3 is 0 Å². The molecular weight excluding hydrogens is 524 g/mol. The van der Waals surface area contributed by atoms with E-state index in [0.717, 1.165) is 22.3 Å². The van der Waals surface area contributed by atoms with Gasteiger partial charge in [0, 0.05) is 33.0 Å². The van der Waals surface area contributed by atoms with Crippen LogP contribution in [0.15, 0.2) is 115 Å². The van der Waals surface area contributed by atoms with Crippen molar-refractivity contribution in [3.05, 3.63) is 132 Å². The first kappa shape index (κ1) is 24.0. The summed E-state index contributed by atoms with van der Waals surface area (Å²) in [7, 11) is 0. The molecular formula is C36H25ClN4. The van der Waals surface area contributed by atoms with Gasteiger partial charge in [-0.25, -0.2) is 4.98 Å². The summed E-state index contributed by atoms with van der Waals surface area (Å²) in [4.78, 5) is 13.7. The van der Waals surface area contributed by atoms with Crippen LogP contribution in [0.3, 0.4) is 0 Å². The molecule has 0 saturated carbocycles. The van der Waals surface area contributed by atoms with Crippen molar-refractivity contribution in [3.8, 4) is 39.6 Å². The Morgan fingerprint density at radius 1 is 0.561 bits per heavy atom. The maximum absolute atomic E-state index is 6.40. The van der Waals surface area contributed by atoms with Crippen LogP contribution in [0.1, 0.15) is 25.0 Å². The lowest BCUT2D eigenvalue weighted by Gasteiger charge is -2.21. The van der Waals surface area contributed by atoms with E-state index in [-0.39, 0.29) is 10.7 Å². The lowest BCUT2D eigenvalue weighted by atomic mass is 9.82. The molecule has 41 heavy (non-hydrogen) atoms. The van der Waals surface area contributed by atoms with E-state index in [1.165, 1.54) is 38.5 Å². The molecule has 7 aromatic rings. The van der Waals surface area contributed by atoms with E-state index in [9.17, 15) is 0 Å². The number of fused-ring (bicyclic) bond motifs is 6. The van der Waals surface area contributed by atoms with E-state index in [2.05, 4.69) is 107 Å². The molecule has 196 valence electrons. The first-order valence-electron chi connectivity index (χ1n) is 13.7. The molecule has 0 bridgehead atoms. The number of benzene rings is 5. The van der Waals surface area contributed by atoms with E-state index >= 15 is 0 Å². The van der Waals surface area contributed by atoms with Gasteiger partial charge in [0.25, 0.3) is 0 Å². The van der Waals surface area contributed by atoms with Crippen molar-refractivity contribution in [2.24, 2.45) is 0 Å². The quantitative estimate of drug-likeness (QED) is 0.221. The number of nitrogens with zero attached hydrogens (tertiary/aromatic N) is 4.